The van der Waals surface area contributed by atoms with Crippen LogP contribution in [0, 0.1) is 0 Å². The fraction of sp³-hybridized carbons (Fsp3) is 0.400. The van der Waals surface area contributed by atoms with E-state index in [-0.39, 0.29) is 29.1 Å². The summed E-state index contributed by atoms with van der Waals surface area (Å²) in [6.45, 7) is 4.37. The molecule has 1 N–H and O–H groups in total. The van der Waals surface area contributed by atoms with Crippen molar-refractivity contribution in [3.63, 3.8) is 0 Å². The molecule has 158 valence electrons. The summed E-state index contributed by atoms with van der Waals surface area (Å²) >= 11 is 6.40. The van der Waals surface area contributed by atoms with Gasteiger partial charge >= 0.3 is 6.03 Å². The fourth-order valence-electron chi connectivity index (χ4n) is 3.74. The summed E-state index contributed by atoms with van der Waals surface area (Å²) in [7, 11) is 0. The van der Waals surface area contributed by atoms with Crippen LogP contribution in [0.1, 0.15) is 6.42 Å². The topological polar surface area (TPSA) is 90.8 Å². The molecule has 0 aliphatic carbocycles. The first-order valence-corrected chi connectivity index (χ1v) is 10.3. The van der Waals surface area contributed by atoms with E-state index in [4.69, 9.17) is 11.6 Å². The number of rotatable bonds is 6. The number of hydrogen-bond donors (Lipinski definition) is 1. The third-order valence-corrected chi connectivity index (χ3v) is 5.76. The van der Waals surface area contributed by atoms with Crippen LogP contribution in [0.2, 0.25) is 5.02 Å². The number of hydrogen-bond acceptors (Lipinski definition) is 6. The second-order valence-corrected chi connectivity index (χ2v) is 7.66. The molecule has 0 bridgehead atoms. The zero-order valence-corrected chi connectivity index (χ0v) is 17.2. The smallest absolute Gasteiger partial charge is 0.324 e. The van der Waals surface area contributed by atoms with Gasteiger partial charge in [-0.1, -0.05) is 29.8 Å². The number of anilines is 1. The van der Waals surface area contributed by atoms with Crippen molar-refractivity contribution in [2.24, 2.45) is 0 Å². The number of para-hydroxylation sites is 1. The maximum Gasteiger partial charge on any atom is 0.324 e. The van der Waals surface area contributed by atoms with Gasteiger partial charge < -0.3 is 10.2 Å². The van der Waals surface area contributed by atoms with Crippen LogP contribution in [0.5, 0.6) is 0 Å². The Hall–Kier alpha value is -2.91. The molecule has 3 amide bonds. The Morgan fingerprint density at radius 3 is 2.40 bits per heavy atom. The number of benzene rings is 1. The van der Waals surface area contributed by atoms with Crippen LogP contribution in [0.3, 0.4) is 0 Å². The number of carbonyl (C=O) groups is 2. The highest BCUT2D eigenvalue weighted by molar-refractivity contribution is 6.33. The summed E-state index contributed by atoms with van der Waals surface area (Å²) < 4.78 is 1.30. The van der Waals surface area contributed by atoms with E-state index in [1.165, 1.54) is 9.58 Å². The number of halogens is 1. The lowest BCUT2D eigenvalue weighted by atomic mass is 10.2. The van der Waals surface area contributed by atoms with Crippen molar-refractivity contribution < 1.29 is 9.59 Å². The molecule has 0 saturated carbocycles. The van der Waals surface area contributed by atoms with E-state index in [0.717, 1.165) is 39.1 Å². The monoisotopic (exact) mass is 430 g/mol. The van der Waals surface area contributed by atoms with Gasteiger partial charge in [-0.3, -0.25) is 19.4 Å². The van der Waals surface area contributed by atoms with Gasteiger partial charge in [-0.25, -0.2) is 4.79 Å². The number of aromatic nitrogens is 2. The molecule has 1 aromatic carbocycles. The van der Waals surface area contributed by atoms with Crippen LogP contribution < -0.4 is 15.8 Å². The molecule has 4 rings (SSSR count). The molecule has 2 saturated heterocycles. The Balaban J connectivity index is 1.33. The van der Waals surface area contributed by atoms with Crippen molar-refractivity contribution in [1.29, 1.82) is 0 Å². The zero-order chi connectivity index (χ0) is 21.1. The predicted octanol–water partition coefficient (Wildman–Crippen LogP) is 0.950. The highest BCUT2D eigenvalue weighted by atomic mass is 35.5. The molecule has 1 aromatic heterocycles. The van der Waals surface area contributed by atoms with Gasteiger partial charge in [0.15, 0.2) is 0 Å². The minimum Gasteiger partial charge on any atom is -0.366 e. The number of urea groups is 1. The predicted molar refractivity (Wildman–Crippen MR) is 113 cm³/mol. The van der Waals surface area contributed by atoms with Gasteiger partial charge in [-0.05, 0) is 25.1 Å². The van der Waals surface area contributed by atoms with Crippen molar-refractivity contribution in [3.8, 4) is 5.69 Å². The van der Waals surface area contributed by atoms with Gasteiger partial charge in [0.2, 0.25) is 5.91 Å². The van der Waals surface area contributed by atoms with Crippen LogP contribution in [0.25, 0.3) is 5.69 Å². The fourth-order valence-corrected chi connectivity index (χ4v) is 3.99. The number of nitrogens with one attached hydrogen (secondary N) is 1. The third-order valence-electron chi connectivity index (χ3n) is 5.41. The SMILES string of the molecule is O=C1CNC(=O)N1CCCN1CCN(c2cnn(-c3ccccc3)c(=O)c2Cl)CC1. The van der Waals surface area contributed by atoms with E-state index in [1.54, 1.807) is 6.20 Å². The maximum atomic E-state index is 12.7. The first-order valence-electron chi connectivity index (χ1n) is 9.93. The van der Waals surface area contributed by atoms with Crippen molar-refractivity contribution >= 4 is 29.2 Å². The average Bonchev–Trinajstić information content (AvgIpc) is 3.09. The second kappa shape index (κ2) is 8.85. The molecule has 2 aliphatic heterocycles. The molecular formula is C20H23ClN6O3. The molecule has 0 atom stereocenters. The minimum absolute atomic E-state index is 0.0926. The summed E-state index contributed by atoms with van der Waals surface area (Å²) in [5.41, 5.74) is 0.982. The quantitative estimate of drug-likeness (QED) is 0.686. The van der Waals surface area contributed by atoms with Gasteiger partial charge in [0.1, 0.15) is 5.02 Å². The lowest BCUT2D eigenvalue weighted by Crippen LogP contribution is -2.47. The summed E-state index contributed by atoms with van der Waals surface area (Å²) in [6, 6.07) is 8.87. The Labute approximate surface area is 178 Å². The Morgan fingerprint density at radius 2 is 1.73 bits per heavy atom. The first-order chi connectivity index (χ1) is 14.5. The van der Waals surface area contributed by atoms with Crippen molar-refractivity contribution in [1.82, 2.24) is 24.9 Å². The molecule has 3 heterocycles. The van der Waals surface area contributed by atoms with E-state index in [9.17, 15) is 14.4 Å². The van der Waals surface area contributed by atoms with E-state index < -0.39 is 0 Å². The summed E-state index contributed by atoms with van der Waals surface area (Å²) in [5, 5.41) is 7.00. The van der Waals surface area contributed by atoms with Crippen molar-refractivity contribution in [2.75, 3.05) is 50.7 Å². The van der Waals surface area contributed by atoms with E-state index >= 15 is 0 Å². The van der Waals surface area contributed by atoms with Crippen LogP contribution in [-0.2, 0) is 4.79 Å². The number of imide groups is 1. The van der Waals surface area contributed by atoms with Crippen LogP contribution >= 0.6 is 11.6 Å². The Bertz CT molecular complexity index is 972. The Kier molecular flexibility index (Phi) is 6.01. The molecule has 9 nitrogen and oxygen atoms in total. The highest BCUT2D eigenvalue weighted by Crippen LogP contribution is 2.23. The van der Waals surface area contributed by atoms with Crippen molar-refractivity contribution in [3.05, 3.63) is 51.9 Å². The molecule has 30 heavy (non-hydrogen) atoms. The zero-order valence-electron chi connectivity index (χ0n) is 16.5. The molecule has 0 unspecified atom stereocenters. The Morgan fingerprint density at radius 1 is 1.00 bits per heavy atom. The van der Waals surface area contributed by atoms with Gasteiger partial charge in [-0.15, -0.1) is 0 Å². The van der Waals surface area contributed by atoms with Gasteiger partial charge in [-0.2, -0.15) is 9.78 Å². The van der Waals surface area contributed by atoms with Gasteiger partial charge in [0.25, 0.3) is 5.56 Å². The summed E-state index contributed by atoms with van der Waals surface area (Å²) in [6.07, 6.45) is 2.37. The minimum atomic E-state index is -0.337. The number of carbonyl (C=O) groups excluding carboxylic acids is 2. The van der Waals surface area contributed by atoms with E-state index in [1.807, 2.05) is 30.3 Å². The van der Waals surface area contributed by atoms with Gasteiger partial charge in [0, 0.05) is 32.7 Å². The second-order valence-electron chi connectivity index (χ2n) is 7.28. The van der Waals surface area contributed by atoms with Crippen LogP contribution in [-0.4, -0.2) is 77.3 Å². The van der Waals surface area contributed by atoms with Gasteiger partial charge in [0.05, 0.1) is 24.1 Å². The molecule has 0 spiro atoms. The van der Waals surface area contributed by atoms with Crippen molar-refractivity contribution in [2.45, 2.75) is 6.42 Å². The maximum absolute atomic E-state index is 12.7. The highest BCUT2D eigenvalue weighted by Gasteiger charge is 2.28. The van der Waals surface area contributed by atoms with E-state index in [2.05, 4.69) is 20.2 Å². The molecule has 10 heteroatoms. The lowest BCUT2D eigenvalue weighted by molar-refractivity contribution is -0.125. The first kappa shape index (κ1) is 20.4. The summed E-state index contributed by atoms with van der Waals surface area (Å²) in [5.74, 6) is -0.169. The molecule has 2 aliphatic rings. The normalized spacial score (nSPS) is 17.5. The molecule has 0 radical (unpaired) electrons. The average molecular weight is 431 g/mol. The van der Waals surface area contributed by atoms with Crippen LogP contribution in [0.15, 0.2) is 41.3 Å². The molecular weight excluding hydrogens is 408 g/mol. The largest absolute Gasteiger partial charge is 0.366 e. The summed E-state index contributed by atoms with van der Waals surface area (Å²) in [4.78, 5) is 41.5. The molecule has 2 fully saturated rings. The number of nitrogens with zero attached hydrogens (tertiary/aromatic N) is 5. The standard InChI is InChI=1S/C20H23ClN6O3/c21-18-16(13-23-27(19(18)29)15-5-2-1-3-6-15)25-11-9-24(10-12-25)7-4-8-26-17(28)14-22-20(26)30/h1-3,5-6,13H,4,7-12,14H2,(H,22,30). The van der Waals surface area contributed by atoms with E-state index in [0.29, 0.717) is 17.9 Å². The number of amides is 3. The molecule has 2 aromatic rings. The third kappa shape index (κ3) is 4.17. The number of piperazine rings is 1. The lowest BCUT2D eigenvalue weighted by Gasteiger charge is -2.36. The van der Waals surface area contributed by atoms with Crippen LogP contribution in [0.4, 0.5) is 10.5 Å².